The lowest BCUT2D eigenvalue weighted by molar-refractivity contribution is 0.0947. The molecule has 21 heavy (non-hydrogen) atoms. The number of nitrogens with two attached hydrogens (primary N) is 1. The van der Waals surface area contributed by atoms with Crippen molar-refractivity contribution in [2.75, 3.05) is 26.2 Å². The summed E-state index contributed by atoms with van der Waals surface area (Å²) in [5.41, 5.74) is 3.96. The molecule has 1 atom stereocenters. The summed E-state index contributed by atoms with van der Waals surface area (Å²) in [6.07, 6.45) is 1.20. The molecule has 1 aliphatic heterocycles. The Morgan fingerprint density at radius 3 is 2.67 bits per heavy atom. The number of hydrogen-bond donors (Lipinski definition) is 2. The van der Waals surface area contributed by atoms with Crippen molar-refractivity contribution >= 4 is 5.91 Å². The van der Waals surface area contributed by atoms with E-state index in [0.29, 0.717) is 11.6 Å². The summed E-state index contributed by atoms with van der Waals surface area (Å²) in [5, 5.41) is 0. The summed E-state index contributed by atoms with van der Waals surface area (Å²) in [6.45, 7) is 9.83. The zero-order valence-corrected chi connectivity index (χ0v) is 13.0. The minimum absolute atomic E-state index is 0.238. The second kappa shape index (κ2) is 7.54. The minimum Gasteiger partial charge on any atom is -0.298 e. The standard InChI is InChI=1S/C16H26N4O/c1-3-13(2)20-9-7-19(8-10-20)12-14-5-4-6-15(11-14)16(21)18-17/h4-6,11,13H,3,7-10,12,17H2,1-2H3,(H,18,21). The van der Waals surface area contributed by atoms with Gasteiger partial charge in [0, 0.05) is 44.3 Å². The highest BCUT2D eigenvalue weighted by Crippen LogP contribution is 2.13. The first-order valence-corrected chi connectivity index (χ1v) is 7.70. The van der Waals surface area contributed by atoms with Crippen molar-refractivity contribution in [3.63, 3.8) is 0 Å². The van der Waals surface area contributed by atoms with Gasteiger partial charge in [-0.2, -0.15) is 0 Å². The smallest absolute Gasteiger partial charge is 0.265 e. The highest BCUT2D eigenvalue weighted by Gasteiger charge is 2.20. The van der Waals surface area contributed by atoms with Crippen molar-refractivity contribution in [1.82, 2.24) is 15.2 Å². The lowest BCUT2D eigenvalue weighted by atomic mass is 10.1. The third-order valence-corrected chi connectivity index (χ3v) is 4.35. The van der Waals surface area contributed by atoms with Crippen LogP contribution in [-0.2, 0) is 6.54 Å². The van der Waals surface area contributed by atoms with Gasteiger partial charge in [0.15, 0.2) is 0 Å². The predicted molar refractivity (Wildman–Crippen MR) is 84.7 cm³/mol. The molecule has 0 aromatic heterocycles. The summed E-state index contributed by atoms with van der Waals surface area (Å²) < 4.78 is 0. The van der Waals surface area contributed by atoms with E-state index in [-0.39, 0.29) is 5.91 Å². The molecule has 0 aliphatic carbocycles. The van der Waals surface area contributed by atoms with Crippen LogP contribution in [0.1, 0.15) is 36.2 Å². The van der Waals surface area contributed by atoms with Crippen LogP contribution in [-0.4, -0.2) is 47.9 Å². The first-order chi connectivity index (χ1) is 10.1. The molecule has 1 saturated heterocycles. The molecule has 1 aromatic carbocycles. The molecule has 1 amide bonds. The molecule has 5 nitrogen and oxygen atoms in total. The number of nitrogens with one attached hydrogen (secondary N) is 1. The molecular weight excluding hydrogens is 264 g/mol. The molecule has 2 rings (SSSR count). The van der Waals surface area contributed by atoms with Crippen molar-refractivity contribution in [1.29, 1.82) is 0 Å². The van der Waals surface area contributed by atoms with Gasteiger partial charge in [-0.3, -0.25) is 20.0 Å². The number of rotatable bonds is 5. The van der Waals surface area contributed by atoms with E-state index < -0.39 is 0 Å². The summed E-state index contributed by atoms with van der Waals surface area (Å²) >= 11 is 0. The lowest BCUT2D eigenvalue weighted by Crippen LogP contribution is -2.49. The van der Waals surface area contributed by atoms with Crippen molar-refractivity contribution in [2.45, 2.75) is 32.9 Å². The van der Waals surface area contributed by atoms with Crippen LogP contribution >= 0.6 is 0 Å². The van der Waals surface area contributed by atoms with Gasteiger partial charge >= 0.3 is 0 Å². The summed E-state index contributed by atoms with van der Waals surface area (Å²) in [7, 11) is 0. The number of carbonyl (C=O) groups is 1. The number of piperazine rings is 1. The Kier molecular flexibility index (Phi) is 5.73. The zero-order valence-electron chi connectivity index (χ0n) is 13.0. The Labute approximate surface area is 127 Å². The molecule has 3 N–H and O–H groups in total. The number of hydrazine groups is 1. The number of amides is 1. The Morgan fingerprint density at radius 2 is 2.05 bits per heavy atom. The van der Waals surface area contributed by atoms with E-state index in [1.54, 1.807) is 6.07 Å². The quantitative estimate of drug-likeness (QED) is 0.486. The van der Waals surface area contributed by atoms with Crippen LogP contribution in [0.3, 0.4) is 0 Å². The highest BCUT2D eigenvalue weighted by atomic mass is 16.2. The van der Waals surface area contributed by atoms with Crippen LogP contribution in [0, 0.1) is 0 Å². The molecule has 0 saturated carbocycles. The van der Waals surface area contributed by atoms with Gasteiger partial charge in [-0.15, -0.1) is 0 Å². The molecule has 116 valence electrons. The Morgan fingerprint density at radius 1 is 1.33 bits per heavy atom. The highest BCUT2D eigenvalue weighted by molar-refractivity contribution is 5.93. The van der Waals surface area contributed by atoms with Crippen molar-refractivity contribution < 1.29 is 4.79 Å². The molecule has 0 radical (unpaired) electrons. The number of nitrogen functional groups attached to an aromatic ring is 1. The summed E-state index contributed by atoms with van der Waals surface area (Å²) in [4.78, 5) is 16.5. The van der Waals surface area contributed by atoms with E-state index >= 15 is 0 Å². The molecule has 1 aromatic rings. The summed E-state index contributed by atoms with van der Waals surface area (Å²) in [5.74, 6) is 4.94. The molecule has 1 aliphatic rings. The van der Waals surface area contributed by atoms with Crippen LogP contribution in [0.2, 0.25) is 0 Å². The topological polar surface area (TPSA) is 61.6 Å². The first kappa shape index (κ1) is 15.9. The Bertz CT molecular complexity index is 469. The van der Waals surface area contributed by atoms with E-state index in [0.717, 1.165) is 38.3 Å². The van der Waals surface area contributed by atoms with Gasteiger partial charge in [0.05, 0.1) is 0 Å². The predicted octanol–water partition coefficient (Wildman–Crippen LogP) is 1.21. The van der Waals surface area contributed by atoms with Crippen molar-refractivity contribution in [2.24, 2.45) is 5.84 Å². The zero-order chi connectivity index (χ0) is 15.2. The van der Waals surface area contributed by atoms with Gasteiger partial charge in [-0.05, 0) is 31.0 Å². The molecular formula is C16H26N4O. The number of nitrogens with zero attached hydrogens (tertiary/aromatic N) is 2. The van der Waals surface area contributed by atoms with E-state index in [2.05, 4.69) is 35.1 Å². The van der Waals surface area contributed by atoms with E-state index in [9.17, 15) is 4.79 Å². The summed E-state index contributed by atoms with van der Waals surface area (Å²) in [6, 6.07) is 8.35. The molecule has 0 spiro atoms. The van der Waals surface area contributed by atoms with Gasteiger partial charge in [0.1, 0.15) is 0 Å². The second-order valence-electron chi connectivity index (χ2n) is 5.74. The SMILES string of the molecule is CCC(C)N1CCN(Cc2cccc(C(=O)NN)c2)CC1. The fourth-order valence-electron chi connectivity index (χ4n) is 2.77. The Hall–Kier alpha value is -1.43. The van der Waals surface area contributed by atoms with Gasteiger partial charge in [-0.1, -0.05) is 19.1 Å². The average Bonchev–Trinajstić information content (AvgIpc) is 2.54. The van der Waals surface area contributed by atoms with Crippen LogP contribution in [0.25, 0.3) is 0 Å². The fraction of sp³-hybridized carbons (Fsp3) is 0.562. The van der Waals surface area contributed by atoms with Gasteiger partial charge in [-0.25, -0.2) is 5.84 Å². The monoisotopic (exact) mass is 290 g/mol. The third-order valence-electron chi connectivity index (χ3n) is 4.35. The minimum atomic E-state index is -0.238. The molecule has 0 bridgehead atoms. The molecule has 1 unspecified atom stereocenters. The number of hydrogen-bond acceptors (Lipinski definition) is 4. The van der Waals surface area contributed by atoms with Crippen LogP contribution in [0.15, 0.2) is 24.3 Å². The fourth-order valence-corrected chi connectivity index (χ4v) is 2.77. The first-order valence-electron chi connectivity index (χ1n) is 7.70. The van der Waals surface area contributed by atoms with E-state index in [4.69, 9.17) is 5.84 Å². The van der Waals surface area contributed by atoms with E-state index in [1.165, 1.54) is 6.42 Å². The largest absolute Gasteiger partial charge is 0.298 e. The number of benzene rings is 1. The third kappa shape index (κ3) is 4.27. The van der Waals surface area contributed by atoms with Gasteiger partial charge < -0.3 is 0 Å². The van der Waals surface area contributed by atoms with Gasteiger partial charge in [0.2, 0.25) is 0 Å². The maximum Gasteiger partial charge on any atom is 0.265 e. The van der Waals surface area contributed by atoms with Crippen molar-refractivity contribution in [3.05, 3.63) is 35.4 Å². The van der Waals surface area contributed by atoms with E-state index in [1.807, 2.05) is 12.1 Å². The maximum absolute atomic E-state index is 11.6. The maximum atomic E-state index is 11.6. The molecule has 5 heteroatoms. The second-order valence-corrected chi connectivity index (χ2v) is 5.74. The van der Waals surface area contributed by atoms with Crippen LogP contribution < -0.4 is 11.3 Å². The molecule has 1 heterocycles. The average molecular weight is 290 g/mol. The molecule has 1 fully saturated rings. The number of carbonyl (C=O) groups excluding carboxylic acids is 1. The van der Waals surface area contributed by atoms with Crippen molar-refractivity contribution in [3.8, 4) is 0 Å². The van der Waals surface area contributed by atoms with Crippen LogP contribution in [0.4, 0.5) is 0 Å². The van der Waals surface area contributed by atoms with Gasteiger partial charge in [0.25, 0.3) is 5.91 Å². The normalized spacial score (nSPS) is 18.4. The van der Waals surface area contributed by atoms with Crippen LogP contribution in [0.5, 0.6) is 0 Å². The Balaban J connectivity index is 1.90. The lowest BCUT2D eigenvalue weighted by Gasteiger charge is -2.37.